The van der Waals surface area contributed by atoms with Gasteiger partial charge in [0.15, 0.2) is 0 Å². The van der Waals surface area contributed by atoms with Gasteiger partial charge >= 0.3 is 0 Å². The molecule has 0 bridgehead atoms. The predicted molar refractivity (Wildman–Crippen MR) is 38.0 cm³/mol. The Morgan fingerprint density at radius 1 is 2.00 bits per heavy atom. The molecule has 0 amide bonds. The monoisotopic (exact) mass is 227 g/mol. The summed E-state index contributed by atoms with van der Waals surface area (Å²) in [6.07, 6.45) is 1.64. The van der Waals surface area contributed by atoms with Gasteiger partial charge in [0.05, 0.1) is 6.21 Å². The fourth-order valence-corrected chi connectivity index (χ4v) is 0.658. The quantitative estimate of drug-likeness (QED) is 0.515. The van der Waals surface area contributed by atoms with Crippen molar-refractivity contribution in [2.75, 3.05) is 0 Å². The first-order chi connectivity index (χ1) is 3.69. The van der Waals surface area contributed by atoms with E-state index >= 15 is 0 Å². The SMILES string of the molecule is CC1(OI)C=NN1N. The normalized spacial score (nSPS) is 35.1. The van der Waals surface area contributed by atoms with Gasteiger partial charge < -0.3 is 0 Å². The van der Waals surface area contributed by atoms with Gasteiger partial charge in [-0.3, -0.25) is 3.07 Å². The summed E-state index contributed by atoms with van der Waals surface area (Å²) in [5, 5.41) is 4.91. The third kappa shape index (κ3) is 0.702. The summed E-state index contributed by atoms with van der Waals surface area (Å²) in [7, 11) is 0. The maximum absolute atomic E-state index is 5.27. The third-order valence-corrected chi connectivity index (χ3v) is 1.92. The Bertz CT molecular complexity index is 128. The second kappa shape index (κ2) is 1.82. The maximum Gasteiger partial charge on any atom is 0.217 e. The molecule has 1 atom stereocenters. The average molecular weight is 227 g/mol. The Morgan fingerprint density at radius 3 is 2.62 bits per heavy atom. The number of hydrogen-bond donors (Lipinski definition) is 1. The zero-order valence-electron chi connectivity index (χ0n) is 4.34. The number of rotatable bonds is 1. The molecule has 4 nitrogen and oxygen atoms in total. The molecule has 2 N–H and O–H groups in total. The Kier molecular flexibility index (Phi) is 1.42. The van der Waals surface area contributed by atoms with Crippen LogP contribution in [-0.4, -0.2) is 17.1 Å². The van der Waals surface area contributed by atoms with E-state index in [4.69, 9.17) is 8.91 Å². The minimum absolute atomic E-state index is 0.472. The summed E-state index contributed by atoms with van der Waals surface area (Å²) in [6, 6.07) is 0. The summed E-state index contributed by atoms with van der Waals surface area (Å²) >= 11 is 1.78. The molecule has 0 aromatic rings. The van der Waals surface area contributed by atoms with E-state index in [1.807, 2.05) is 6.92 Å². The second-order valence-corrected chi connectivity index (χ2v) is 2.16. The topological polar surface area (TPSA) is 50.8 Å². The van der Waals surface area contributed by atoms with Crippen LogP contribution in [0.2, 0.25) is 0 Å². The number of hydrazone groups is 1. The first-order valence-electron chi connectivity index (χ1n) is 2.09. The van der Waals surface area contributed by atoms with Crippen molar-refractivity contribution >= 4 is 29.2 Å². The average Bonchev–Trinajstić information content (AvgIpc) is 1.83. The minimum Gasteiger partial charge on any atom is -0.279 e. The lowest BCUT2D eigenvalue weighted by Crippen LogP contribution is -2.56. The van der Waals surface area contributed by atoms with Gasteiger partial charge in [-0.25, -0.2) is 5.84 Å². The van der Waals surface area contributed by atoms with Crippen LogP contribution in [0.25, 0.3) is 0 Å². The highest BCUT2D eigenvalue weighted by molar-refractivity contribution is 14.1. The Balaban J connectivity index is 2.59. The summed E-state index contributed by atoms with van der Waals surface area (Å²) in [5.74, 6) is 5.27. The molecule has 1 heterocycles. The summed E-state index contributed by atoms with van der Waals surface area (Å²) < 4.78 is 4.91. The van der Waals surface area contributed by atoms with Gasteiger partial charge in [-0.1, -0.05) is 0 Å². The van der Waals surface area contributed by atoms with Gasteiger partial charge in [-0.15, -0.1) is 0 Å². The highest BCUT2D eigenvalue weighted by Crippen LogP contribution is 2.20. The van der Waals surface area contributed by atoms with E-state index in [1.165, 1.54) is 5.12 Å². The van der Waals surface area contributed by atoms with Crippen molar-refractivity contribution < 1.29 is 3.07 Å². The molecular weight excluding hydrogens is 221 g/mol. The van der Waals surface area contributed by atoms with E-state index in [9.17, 15) is 0 Å². The van der Waals surface area contributed by atoms with Crippen LogP contribution in [0.3, 0.4) is 0 Å². The van der Waals surface area contributed by atoms with Gasteiger partial charge in [0.1, 0.15) is 23.0 Å². The lowest BCUT2D eigenvalue weighted by molar-refractivity contribution is -0.00552. The molecule has 5 heteroatoms. The molecule has 46 valence electrons. The van der Waals surface area contributed by atoms with E-state index in [0.717, 1.165) is 0 Å². The number of halogens is 1. The summed E-state index contributed by atoms with van der Waals surface area (Å²) in [5.41, 5.74) is -0.472. The molecular formula is C3H6IN3O. The predicted octanol–water partition coefficient (Wildman–Crippen LogP) is 0.244. The lowest BCUT2D eigenvalue weighted by Gasteiger charge is -2.36. The smallest absolute Gasteiger partial charge is 0.217 e. The molecule has 8 heavy (non-hydrogen) atoms. The number of hydrazine groups is 1. The molecule has 0 radical (unpaired) electrons. The van der Waals surface area contributed by atoms with Gasteiger partial charge in [0.25, 0.3) is 0 Å². The van der Waals surface area contributed by atoms with E-state index in [2.05, 4.69) is 5.10 Å². The second-order valence-electron chi connectivity index (χ2n) is 1.72. The zero-order valence-corrected chi connectivity index (χ0v) is 6.49. The van der Waals surface area contributed by atoms with Crippen LogP contribution < -0.4 is 5.84 Å². The molecule has 0 aromatic carbocycles. The van der Waals surface area contributed by atoms with E-state index < -0.39 is 5.72 Å². The van der Waals surface area contributed by atoms with Crippen molar-refractivity contribution in [3.05, 3.63) is 0 Å². The standard InChI is InChI=1S/C3H6IN3O/c1-3(8-4)2-6-7(3)5/h2H,5H2,1H3. The van der Waals surface area contributed by atoms with Crippen molar-refractivity contribution in [1.29, 1.82) is 0 Å². The fourth-order valence-electron chi connectivity index (χ4n) is 0.342. The van der Waals surface area contributed by atoms with E-state index in [0.29, 0.717) is 0 Å². The molecule has 0 fully saturated rings. The molecule has 1 aliphatic heterocycles. The van der Waals surface area contributed by atoms with Crippen LogP contribution in [0, 0.1) is 0 Å². The van der Waals surface area contributed by atoms with Crippen molar-refractivity contribution in [2.45, 2.75) is 12.6 Å². The van der Waals surface area contributed by atoms with Crippen LogP contribution in [0.15, 0.2) is 5.10 Å². The van der Waals surface area contributed by atoms with Gasteiger partial charge in [0.2, 0.25) is 5.72 Å². The Morgan fingerprint density at radius 2 is 2.62 bits per heavy atom. The maximum atomic E-state index is 5.27. The molecule has 1 unspecified atom stereocenters. The molecule has 1 aliphatic rings. The van der Waals surface area contributed by atoms with Crippen LogP contribution in [0.4, 0.5) is 0 Å². The third-order valence-electron chi connectivity index (χ3n) is 1.03. The zero-order chi connectivity index (χ0) is 6.20. The van der Waals surface area contributed by atoms with Crippen molar-refractivity contribution in [3.8, 4) is 0 Å². The summed E-state index contributed by atoms with van der Waals surface area (Å²) in [4.78, 5) is 0. The van der Waals surface area contributed by atoms with Crippen molar-refractivity contribution in [2.24, 2.45) is 10.9 Å². The van der Waals surface area contributed by atoms with Gasteiger partial charge in [-0.05, 0) is 6.92 Å². The number of nitrogens with zero attached hydrogens (tertiary/aromatic N) is 2. The molecule has 0 saturated carbocycles. The molecule has 0 aromatic heterocycles. The van der Waals surface area contributed by atoms with Crippen LogP contribution in [0.1, 0.15) is 6.92 Å². The highest BCUT2D eigenvalue weighted by Gasteiger charge is 2.35. The Hall–Kier alpha value is 0.120. The lowest BCUT2D eigenvalue weighted by atomic mass is 10.3. The summed E-state index contributed by atoms with van der Waals surface area (Å²) in [6.45, 7) is 1.83. The van der Waals surface area contributed by atoms with Crippen molar-refractivity contribution in [3.63, 3.8) is 0 Å². The van der Waals surface area contributed by atoms with E-state index in [-0.39, 0.29) is 0 Å². The van der Waals surface area contributed by atoms with Gasteiger partial charge in [0, 0.05) is 0 Å². The largest absolute Gasteiger partial charge is 0.279 e. The minimum atomic E-state index is -0.472. The van der Waals surface area contributed by atoms with Crippen molar-refractivity contribution in [1.82, 2.24) is 5.12 Å². The number of nitrogens with two attached hydrogens (primary N) is 1. The first kappa shape index (κ1) is 6.24. The van der Waals surface area contributed by atoms with Crippen LogP contribution in [-0.2, 0) is 3.07 Å². The fraction of sp³-hybridized carbons (Fsp3) is 0.667. The van der Waals surface area contributed by atoms with Crippen LogP contribution >= 0.6 is 23.0 Å². The molecule has 0 aliphatic carbocycles. The Labute approximate surface area is 61.3 Å². The first-order valence-corrected chi connectivity index (χ1v) is 2.97. The van der Waals surface area contributed by atoms with Crippen LogP contribution in [0.5, 0.6) is 0 Å². The molecule has 1 rings (SSSR count). The molecule has 0 saturated heterocycles. The number of hydrogen-bond acceptors (Lipinski definition) is 4. The highest BCUT2D eigenvalue weighted by atomic mass is 127. The molecule has 0 spiro atoms. The van der Waals surface area contributed by atoms with Gasteiger partial charge in [-0.2, -0.15) is 10.2 Å². The van der Waals surface area contributed by atoms with E-state index in [1.54, 1.807) is 29.2 Å².